The van der Waals surface area contributed by atoms with Gasteiger partial charge in [0.1, 0.15) is 5.75 Å². The van der Waals surface area contributed by atoms with Crippen molar-refractivity contribution in [3.05, 3.63) is 88.8 Å². The molecule has 0 bridgehead atoms. The normalized spacial score (nSPS) is 10.5. The summed E-state index contributed by atoms with van der Waals surface area (Å²) in [4.78, 5) is 30.1. The van der Waals surface area contributed by atoms with Crippen LogP contribution in [0.5, 0.6) is 5.75 Å². The van der Waals surface area contributed by atoms with Crippen molar-refractivity contribution in [1.82, 2.24) is 4.98 Å². The maximum Gasteiger partial charge on any atom is 0.255 e. The molecule has 4 aromatic rings. The minimum Gasteiger partial charge on any atom is -0.496 e. The number of amides is 2. The summed E-state index contributed by atoms with van der Waals surface area (Å²) < 4.78 is 5.38. The van der Waals surface area contributed by atoms with Gasteiger partial charge >= 0.3 is 0 Å². The summed E-state index contributed by atoms with van der Waals surface area (Å²) in [7, 11) is 1.62. The molecule has 9 heteroatoms. The summed E-state index contributed by atoms with van der Waals surface area (Å²) in [5, 5.41) is 8.60. The van der Waals surface area contributed by atoms with E-state index in [9.17, 15) is 9.59 Å². The van der Waals surface area contributed by atoms with E-state index in [0.717, 1.165) is 21.9 Å². The van der Waals surface area contributed by atoms with E-state index in [4.69, 9.17) is 16.3 Å². The van der Waals surface area contributed by atoms with E-state index in [1.807, 2.05) is 41.8 Å². The Morgan fingerprint density at radius 1 is 1.03 bits per heavy atom. The average molecular weight is 510 g/mol. The number of ether oxygens (including phenoxy) is 1. The van der Waals surface area contributed by atoms with Crippen LogP contribution in [-0.4, -0.2) is 29.7 Å². The number of thiazole rings is 1. The molecule has 4 rings (SSSR count). The Morgan fingerprint density at radius 3 is 2.59 bits per heavy atom. The molecular formula is C25H20ClN3O3S2. The van der Waals surface area contributed by atoms with E-state index in [2.05, 4.69) is 15.6 Å². The number of hydrogen-bond donors (Lipinski definition) is 2. The number of anilines is 2. The molecule has 0 fully saturated rings. The molecule has 0 radical (unpaired) electrons. The fraction of sp³-hybridized carbons (Fsp3) is 0.0800. The number of aromatic nitrogens is 1. The number of benzene rings is 3. The second-order valence-corrected chi connectivity index (χ2v) is 9.41. The number of carbonyl (C=O) groups excluding carboxylic acids is 2. The number of hydrogen-bond acceptors (Lipinski definition) is 6. The van der Waals surface area contributed by atoms with E-state index in [1.54, 1.807) is 43.5 Å². The third-order valence-electron chi connectivity index (χ3n) is 4.70. The molecule has 0 aliphatic rings. The Balaban J connectivity index is 1.29. The van der Waals surface area contributed by atoms with Crippen molar-refractivity contribution in [1.29, 1.82) is 0 Å². The first kappa shape index (κ1) is 23.8. The van der Waals surface area contributed by atoms with Crippen LogP contribution in [0.15, 0.2) is 83.1 Å². The molecule has 1 heterocycles. The quantitative estimate of drug-likeness (QED) is 0.266. The molecule has 3 aromatic carbocycles. The monoisotopic (exact) mass is 509 g/mol. The number of halogens is 1. The summed E-state index contributed by atoms with van der Waals surface area (Å²) in [5.41, 5.74) is 2.77. The molecule has 34 heavy (non-hydrogen) atoms. The van der Waals surface area contributed by atoms with Crippen LogP contribution in [-0.2, 0) is 4.79 Å². The molecule has 0 spiro atoms. The van der Waals surface area contributed by atoms with Crippen LogP contribution >= 0.6 is 34.7 Å². The third-order valence-corrected chi connectivity index (χ3v) is 6.71. The first-order valence-corrected chi connectivity index (χ1v) is 12.4. The number of methoxy groups -OCH3 is 1. The highest BCUT2D eigenvalue weighted by atomic mass is 35.5. The molecule has 0 aliphatic carbocycles. The standard InChI is InChI=1S/C25H20ClN3O3S2/c1-32-22-8-3-2-7-20(22)21-14-34-25(28-21)29-23(30)15-33-19-11-9-18(10-12-19)27-24(31)16-5-4-6-17(26)13-16/h2-14H,15H2,1H3,(H,27,31)(H,28,29,30). The Labute approximate surface area is 210 Å². The predicted octanol–water partition coefficient (Wildman–Crippen LogP) is 6.46. The van der Waals surface area contributed by atoms with Crippen LogP contribution < -0.4 is 15.4 Å². The molecule has 172 valence electrons. The van der Waals surface area contributed by atoms with Crippen molar-refractivity contribution in [2.24, 2.45) is 0 Å². The number of para-hydroxylation sites is 1. The maximum atomic E-state index is 12.4. The summed E-state index contributed by atoms with van der Waals surface area (Å²) in [6, 6.07) is 21.7. The molecule has 0 unspecified atom stereocenters. The number of carbonyl (C=O) groups is 2. The van der Waals surface area contributed by atoms with Crippen molar-refractivity contribution in [2.45, 2.75) is 4.90 Å². The molecule has 0 atom stereocenters. The van der Waals surface area contributed by atoms with Gasteiger partial charge in [-0.05, 0) is 54.6 Å². The van der Waals surface area contributed by atoms with Crippen molar-refractivity contribution < 1.29 is 14.3 Å². The molecule has 6 nitrogen and oxygen atoms in total. The fourth-order valence-electron chi connectivity index (χ4n) is 3.08. The average Bonchev–Trinajstić information content (AvgIpc) is 3.31. The van der Waals surface area contributed by atoms with E-state index in [0.29, 0.717) is 21.4 Å². The van der Waals surface area contributed by atoms with Gasteiger partial charge < -0.3 is 15.4 Å². The molecule has 1 aromatic heterocycles. The van der Waals surface area contributed by atoms with Gasteiger partial charge in [0, 0.05) is 32.1 Å². The summed E-state index contributed by atoms with van der Waals surface area (Å²) in [6.45, 7) is 0. The Bertz CT molecular complexity index is 1310. The molecule has 0 saturated heterocycles. The van der Waals surface area contributed by atoms with E-state index in [-0.39, 0.29) is 17.6 Å². The Kier molecular flexibility index (Phi) is 7.84. The molecule has 0 saturated carbocycles. The van der Waals surface area contributed by atoms with Crippen LogP contribution in [0.1, 0.15) is 10.4 Å². The lowest BCUT2D eigenvalue weighted by Crippen LogP contribution is -2.13. The van der Waals surface area contributed by atoms with E-state index >= 15 is 0 Å². The van der Waals surface area contributed by atoms with Gasteiger partial charge in [0.2, 0.25) is 5.91 Å². The zero-order chi connectivity index (χ0) is 23.9. The lowest BCUT2D eigenvalue weighted by Gasteiger charge is -2.07. The minimum absolute atomic E-state index is 0.149. The van der Waals surface area contributed by atoms with Crippen molar-refractivity contribution >= 4 is 57.3 Å². The highest BCUT2D eigenvalue weighted by Gasteiger charge is 2.12. The van der Waals surface area contributed by atoms with E-state index in [1.165, 1.54) is 23.1 Å². The van der Waals surface area contributed by atoms with Crippen molar-refractivity contribution in [3.8, 4) is 17.0 Å². The van der Waals surface area contributed by atoms with Gasteiger partial charge in [0.25, 0.3) is 5.91 Å². The predicted molar refractivity (Wildman–Crippen MR) is 139 cm³/mol. The summed E-state index contributed by atoms with van der Waals surface area (Å²) in [6.07, 6.45) is 0. The lowest BCUT2D eigenvalue weighted by atomic mass is 10.1. The maximum absolute atomic E-state index is 12.4. The summed E-state index contributed by atoms with van der Waals surface area (Å²) >= 11 is 8.70. The molecular weight excluding hydrogens is 490 g/mol. The van der Waals surface area contributed by atoms with Gasteiger partial charge in [-0.2, -0.15) is 0 Å². The van der Waals surface area contributed by atoms with Crippen LogP contribution in [0.4, 0.5) is 10.8 Å². The first-order chi connectivity index (χ1) is 16.5. The van der Waals surface area contributed by atoms with E-state index < -0.39 is 0 Å². The highest BCUT2D eigenvalue weighted by molar-refractivity contribution is 8.00. The van der Waals surface area contributed by atoms with Crippen molar-refractivity contribution in [2.75, 3.05) is 23.5 Å². The fourth-order valence-corrected chi connectivity index (χ4v) is 4.70. The summed E-state index contributed by atoms with van der Waals surface area (Å²) in [5.74, 6) is 0.577. The second kappa shape index (κ2) is 11.2. The van der Waals surface area contributed by atoms with Gasteiger partial charge in [0.05, 0.1) is 18.6 Å². The number of rotatable bonds is 8. The Morgan fingerprint density at radius 2 is 1.82 bits per heavy atom. The lowest BCUT2D eigenvalue weighted by molar-refractivity contribution is -0.113. The second-order valence-electron chi connectivity index (χ2n) is 7.06. The highest BCUT2D eigenvalue weighted by Crippen LogP contribution is 2.32. The SMILES string of the molecule is COc1ccccc1-c1csc(NC(=O)CSc2ccc(NC(=O)c3cccc(Cl)c3)cc2)n1. The Hall–Kier alpha value is -3.33. The molecule has 2 amide bonds. The first-order valence-electron chi connectivity index (χ1n) is 10.2. The van der Waals surface area contributed by atoms with Gasteiger partial charge in [-0.3, -0.25) is 9.59 Å². The minimum atomic E-state index is -0.238. The van der Waals surface area contributed by atoms with Gasteiger partial charge in [0.15, 0.2) is 5.13 Å². The zero-order valence-corrected chi connectivity index (χ0v) is 20.5. The largest absolute Gasteiger partial charge is 0.496 e. The number of thioether (sulfide) groups is 1. The molecule has 2 N–H and O–H groups in total. The van der Waals surface area contributed by atoms with Crippen LogP contribution in [0, 0.1) is 0 Å². The number of nitrogens with zero attached hydrogens (tertiary/aromatic N) is 1. The van der Waals surface area contributed by atoms with Crippen LogP contribution in [0.3, 0.4) is 0 Å². The van der Waals surface area contributed by atoms with Crippen LogP contribution in [0.25, 0.3) is 11.3 Å². The van der Waals surface area contributed by atoms with Gasteiger partial charge in [-0.25, -0.2) is 4.98 Å². The van der Waals surface area contributed by atoms with Gasteiger partial charge in [-0.15, -0.1) is 23.1 Å². The third kappa shape index (κ3) is 6.17. The molecule has 0 aliphatic heterocycles. The smallest absolute Gasteiger partial charge is 0.255 e. The topological polar surface area (TPSA) is 80.3 Å². The van der Waals surface area contributed by atoms with Gasteiger partial charge in [-0.1, -0.05) is 29.8 Å². The van der Waals surface area contributed by atoms with Crippen LogP contribution in [0.2, 0.25) is 5.02 Å². The number of nitrogens with one attached hydrogen (secondary N) is 2. The van der Waals surface area contributed by atoms with Crippen molar-refractivity contribution in [3.63, 3.8) is 0 Å². The zero-order valence-electron chi connectivity index (χ0n) is 18.1.